The Morgan fingerprint density at radius 1 is 1.44 bits per heavy atom. The van der Waals surface area contributed by atoms with E-state index in [2.05, 4.69) is 52.1 Å². The first-order valence-electron chi connectivity index (χ1n) is 6.01. The molecule has 92 valence electrons. The van der Waals surface area contributed by atoms with Gasteiger partial charge in [0.2, 0.25) is 0 Å². The van der Waals surface area contributed by atoms with Crippen LogP contribution >= 0.6 is 0 Å². The SMILES string of the molecule is CC(C)(C)[Si](C)(C)O[C@@H](CN)C1=CC=CC1. The molecule has 0 bridgehead atoms. The summed E-state index contributed by atoms with van der Waals surface area (Å²) in [4.78, 5) is 0. The van der Waals surface area contributed by atoms with Crippen molar-refractivity contribution >= 4 is 8.32 Å². The maximum atomic E-state index is 6.34. The minimum Gasteiger partial charge on any atom is -0.409 e. The van der Waals surface area contributed by atoms with Gasteiger partial charge in [-0.2, -0.15) is 0 Å². The average molecular weight is 239 g/mol. The zero-order valence-electron chi connectivity index (χ0n) is 11.2. The monoisotopic (exact) mass is 239 g/mol. The van der Waals surface area contributed by atoms with Crippen molar-refractivity contribution in [1.29, 1.82) is 0 Å². The topological polar surface area (TPSA) is 35.2 Å². The first kappa shape index (κ1) is 13.7. The van der Waals surface area contributed by atoms with Crippen molar-refractivity contribution in [2.24, 2.45) is 5.73 Å². The van der Waals surface area contributed by atoms with Crippen molar-refractivity contribution in [2.45, 2.75) is 51.4 Å². The second-order valence-electron chi connectivity index (χ2n) is 5.98. The predicted octanol–water partition coefficient (Wildman–Crippen LogP) is 3.22. The van der Waals surface area contributed by atoms with Gasteiger partial charge in [0.05, 0.1) is 6.10 Å². The van der Waals surface area contributed by atoms with Gasteiger partial charge in [0, 0.05) is 6.54 Å². The molecule has 0 saturated heterocycles. The number of hydrogen-bond donors (Lipinski definition) is 1. The molecule has 1 aliphatic rings. The van der Waals surface area contributed by atoms with Crippen LogP contribution in [0.5, 0.6) is 0 Å². The molecule has 1 aliphatic carbocycles. The Morgan fingerprint density at radius 2 is 2.06 bits per heavy atom. The van der Waals surface area contributed by atoms with Gasteiger partial charge < -0.3 is 10.2 Å². The summed E-state index contributed by atoms with van der Waals surface area (Å²) in [6, 6.07) is 0. The highest BCUT2D eigenvalue weighted by molar-refractivity contribution is 6.74. The molecule has 16 heavy (non-hydrogen) atoms. The number of nitrogens with two attached hydrogens (primary N) is 1. The standard InChI is InChI=1S/C13H25NOSi/c1-13(2,3)16(4,5)15-12(10-14)11-8-6-7-9-11/h6-8,12H,9-10,14H2,1-5H3/t12-/m0/s1. The molecule has 0 unspecified atom stereocenters. The lowest BCUT2D eigenvalue weighted by molar-refractivity contribution is 0.219. The molecule has 0 amide bonds. The van der Waals surface area contributed by atoms with Crippen molar-refractivity contribution in [1.82, 2.24) is 0 Å². The first-order valence-corrected chi connectivity index (χ1v) is 8.92. The molecule has 0 aromatic heterocycles. The number of rotatable bonds is 4. The third-order valence-corrected chi connectivity index (χ3v) is 8.16. The largest absolute Gasteiger partial charge is 0.409 e. The van der Waals surface area contributed by atoms with Crippen LogP contribution < -0.4 is 5.73 Å². The van der Waals surface area contributed by atoms with E-state index in [-0.39, 0.29) is 11.1 Å². The summed E-state index contributed by atoms with van der Waals surface area (Å²) in [5.74, 6) is 0. The van der Waals surface area contributed by atoms with Gasteiger partial charge in [-0.25, -0.2) is 0 Å². The Bertz CT molecular complexity index is 300. The first-order chi connectivity index (χ1) is 7.28. The van der Waals surface area contributed by atoms with Crippen LogP contribution in [0.25, 0.3) is 0 Å². The molecule has 0 aliphatic heterocycles. The van der Waals surface area contributed by atoms with Crippen LogP contribution in [0.1, 0.15) is 27.2 Å². The third-order valence-electron chi connectivity index (χ3n) is 3.67. The van der Waals surface area contributed by atoms with Crippen LogP contribution in [-0.2, 0) is 4.43 Å². The molecule has 0 radical (unpaired) electrons. The van der Waals surface area contributed by atoms with Gasteiger partial charge in [-0.15, -0.1) is 0 Å². The van der Waals surface area contributed by atoms with E-state index in [9.17, 15) is 0 Å². The minimum atomic E-state index is -1.71. The molecule has 0 aromatic rings. The van der Waals surface area contributed by atoms with E-state index in [1.54, 1.807) is 0 Å². The zero-order valence-corrected chi connectivity index (χ0v) is 12.2. The van der Waals surface area contributed by atoms with Gasteiger partial charge in [0.15, 0.2) is 8.32 Å². The normalized spacial score (nSPS) is 18.8. The molecule has 1 atom stereocenters. The highest BCUT2D eigenvalue weighted by Gasteiger charge is 2.39. The highest BCUT2D eigenvalue weighted by Crippen LogP contribution is 2.38. The van der Waals surface area contributed by atoms with E-state index in [0.29, 0.717) is 6.54 Å². The molecular formula is C13H25NOSi. The molecule has 1 rings (SSSR count). The fraction of sp³-hybridized carbons (Fsp3) is 0.692. The van der Waals surface area contributed by atoms with Gasteiger partial charge >= 0.3 is 0 Å². The van der Waals surface area contributed by atoms with Gasteiger partial charge in [0.25, 0.3) is 0 Å². The van der Waals surface area contributed by atoms with Gasteiger partial charge in [-0.1, -0.05) is 39.0 Å². The highest BCUT2D eigenvalue weighted by atomic mass is 28.4. The summed E-state index contributed by atoms with van der Waals surface area (Å²) in [7, 11) is -1.71. The molecule has 3 heteroatoms. The van der Waals surface area contributed by atoms with Crippen molar-refractivity contribution < 1.29 is 4.43 Å². The van der Waals surface area contributed by atoms with E-state index in [1.165, 1.54) is 5.57 Å². The summed E-state index contributed by atoms with van der Waals surface area (Å²) >= 11 is 0. The fourth-order valence-corrected chi connectivity index (χ4v) is 2.82. The van der Waals surface area contributed by atoms with E-state index in [1.807, 2.05) is 0 Å². The number of allylic oxidation sites excluding steroid dienone is 3. The summed E-state index contributed by atoms with van der Waals surface area (Å²) in [5, 5.41) is 0.243. The average Bonchev–Trinajstić information content (AvgIpc) is 2.65. The molecule has 0 heterocycles. The Morgan fingerprint density at radius 3 is 2.44 bits per heavy atom. The Balaban J connectivity index is 2.70. The lowest BCUT2D eigenvalue weighted by Crippen LogP contribution is -2.46. The van der Waals surface area contributed by atoms with Crippen molar-refractivity contribution in [2.75, 3.05) is 6.54 Å². The van der Waals surface area contributed by atoms with Crippen LogP contribution in [0.3, 0.4) is 0 Å². The second-order valence-corrected chi connectivity index (χ2v) is 10.7. The van der Waals surface area contributed by atoms with Crippen LogP contribution in [0, 0.1) is 0 Å². The molecule has 0 saturated carbocycles. The van der Waals surface area contributed by atoms with Crippen molar-refractivity contribution in [3.8, 4) is 0 Å². The predicted molar refractivity (Wildman–Crippen MR) is 73.0 cm³/mol. The lowest BCUT2D eigenvalue weighted by Gasteiger charge is -2.39. The molecule has 0 aromatic carbocycles. The van der Waals surface area contributed by atoms with E-state index in [0.717, 1.165) is 6.42 Å². The fourth-order valence-electron chi connectivity index (χ4n) is 1.51. The minimum absolute atomic E-state index is 0.107. The van der Waals surface area contributed by atoms with Crippen LogP contribution in [0.2, 0.25) is 18.1 Å². The molecule has 0 spiro atoms. The Kier molecular flexibility index (Phi) is 4.15. The number of hydrogen-bond acceptors (Lipinski definition) is 2. The summed E-state index contributed by atoms with van der Waals surface area (Å²) in [6.45, 7) is 11.9. The van der Waals surface area contributed by atoms with Gasteiger partial charge in [0.1, 0.15) is 0 Å². The molecular weight excluding hydrogens is 214 g/mol. The van der Waals surface area contributed by atoms with Crippen LogP contribution in [-0.4, -0.2) is 21.0 Å². The quantitative estimate of drug-likeness (QED) is 0.765. The summed E-state index contributed by atoms with van der Waals surface area (Å²) < 4.78 is 6.34. The Labute approximate surface area is 101 Å². The lowest BCUT2D eigenvalue weighted by atomic mass is 10.1. The molecule has 2 N–H and O–H groups in total. The second kappa shape index (κ2) is 4.86. The summed E-state index contributed by atoms with van der Waals surface area (Å²) in [5.41, 5.74) is 7.16. The van der Waals surface area contributed by atoms with E-state index >= 15 is 0 Å². The van der Waals surface area contributed by atoms with E-state index in [4.69, 9.17) is 10.2 Å². The summed E-state index contributed by atoms with van der Waals surface area (Å²) in [6.07, 6.45) is 7.50. The molecule has 0 fully saturated rings. The van der Waals surface area contributed by atoms with Crippen LogP contribution in [0.4, 0.5) is 0 Å². The maximum absolute atomic E-state index is 6.34. The zero-order chi connectivity index (χ0) is 12.4. The van der Waals surface area contributed by atoms with Gasteiger partial charge in [-0.3, -0.25) is 0 Å². The van der Waals surface area contributed by atoms with Crippen molar-refractivity contribution in [3.05, 3.63) is 23.8 Å². The van der Waals surface area contributed by atoms with Crippen molar-refractivity contribution in [3.63, 3.8) is 0 Å². The maximum Gasteiger partial charge on any atom is 0.192 e. The smallest absolute Gasteiger partial charge is 0.192 e. The third kappa shape index (κ3) is 3.06. The Hall–Kier alpha value is -0.383. The molecule has 2 nitrogen and oxygen atoms in total. The van der Waals surface area contributed by atoms with E-state index < -0.39 is 8.32 Å². The van der Waals surface area contributed by atoms with Crippen LogP contribution in [0.15, 0.2) is 23.8 Å². The van der Waals surface area contributed by atoms with Gasteiger partial charge in [-0.05, 0) is 30.1 Å².